The molecule has 0 N–H and O–H groups in total. The lowest BCUT2D eigenvalue weighted by molar-refractivity contribution is -0.129. The number of carbonyl (C=O) groups excluding carboxylic acids is 1. The number of hydrogen-bond acceptors (Lipinski definition) is 2. The van der Waals surface area contributed by atoms with Gasteiger partial charge in [0.25, 0.3) is 0 Å². The summed E-state index contributed by atoms with van der Waals surface area (Å²) in [5.41, 5.74) is 1.59. The lowest BCUT2D eigenvalue weighted by atomic mass is 9.97. The number of ether oxygens (including phenoxy) is 1. The van der Waals surface area contributed by atoms with Gasteiger partial charge in [0, 0.05) is 19.0 Å². The number of likely N-dealkylation sites (tertiary alicyclic amines) is 1. The third-order valence-electron chi connectivity index (χ3n) is 4.42. The number of para-hydroxylation sites is 1. The molecule has 1 aliphatic rings. The van der Waals surface area contributed by atoms with E-state index < -0.39 is 0 Å². The quantitative estimate of drug-likeness (QED) is 0.866. The van der Waals surface area contributed by atoms with Crippen molar-refractivity contribution in [3.05, 3.63) is 65.5 Å². The van der Waals surface area contributed by atoms with E-state index in [4.69, 9.17) is 4.74 Å². The fourth-order valence-corrected chi connectivity index (χ4v) is 3.16. The van der Waals surface area contributed by atoms with Crippen LogP contribution in [0.2, 0.25) is 0 Å². The van der Waals surface area contributed by atoms with Crippen LogP contribution in [0.5, 0.6) is 5.75 Å². The highest BCUT2D eigenvalue weighted by Gasteiger charge is 2.29. The van der Waals surface area contributed by atoms with Crippen molar-refractivity contribution in [3.63, 3.8) is 0 Å². The van der Waals surface area contributed by atoms with E-state index in [9.17, 15) is 9.18 Å². The maximum absolute atomic E-state index is 13.7. The lowest BCUT2D eigenvalue weighted by Gasteiger charge is -2.18. The van der Waals surface area contributed by atoms with E-state index in [1.807, 2.05) is 29.2 Å². The number of hydrogen-bond donors (Lipinski definition) is 0. The Balaban J connectivity index is 1.68. The molecule has 0 aromatic heterocycles. The Labute approximate surface area is 135 Å². The molecule has 0 radical (unpaired) electrons. The molecular weight excluding hydrogens is 293 g/mol. The maximum atomic E-state index is 13.7. The lowest BCUT2D eigenvalue weighted by Crippen LogP contribution is -2.30. The first-order valence-corrected chi connectivity index (χ1v) is 7.83. The Morgan fingerprint density at radius 2 is 1.96 bits per heavy atom. The third kappa shape index (κ3) is 3.36. The van der Waals surface area contributed by atoms with Crippen molar-refractivity contribution in [1.82, 2.24) is 4.90 Å². The summed E-state index contributed by atoms with van der Waals surface area (Å²) in [5, 5.41) is 0. The van der Waals surface area contributed by atoms with E-state index in [1.54, 1.807) is 25.3 Å². The SMILES string of the molecule is COc1ccccc1C1CCN(C(=O)Cc2ccccc2F)C1. The molecule has 120 valence electrons. The van der Waals surface area contributed by atoms with Crippen molar-refractivity contribution < 1.29 is 13.9 Å². The molecule has 1 heterocycles. The number of nitrogens with zero attached hydrogens (tertiary/aromatic N) is 1. The predicted molar refractivity (Wildman–Crippen MR) is 87.0 cm³/mol. The van der Waals surface area contributed by atoms with Gasteiger partial charge in [-0.25, -0.2) is 4.39 Å². The van der Waals surface area contributed by atoms with Crippen molar-refractivity contribution in [2.24, 2.45) is 0 Å². The summed E-state index contributed by atoms with van der Waals surface area (Å²) < 4.78 is 19.1. The summed E-state index contributed by atoms with van der Waals surface area (Å²) in [6.45, 7) is 1.36. The molecular formula is C19H20FNO2. The van der Waals surface area contributed by atoms with E-state index in [1.165, 1.54) is 6.07 Å². The summed E-state index contributed by atoms with van der Waals surface area (Å²) in [6, 6.07) is 14.4. The molecule has 1 saturated heterocycles. The topological polar surface area (TPSA) is 29.5 Å². The van der Waals surface area contributed by atoms with Gasteiger partial charge in [0.15, 0.2) is 0 Å². The van der Waals surface area contributed by atoms with Gasteiger partial charge in [0.05, 0.1) is 13.5 Å². The molecule has 0 spiro atoms. The van der Waals surface area contributed by atoms with Crippen LogP contribution in [-0.2, 0) is 11.2 Å². The normalized spacial score (nSPS) is 17.3. The fourth-order valence-electron chi connectivity index (χ4n) is 3.16. The Morgan fingerprint density at radius 1 is 1.22 bits per heavy atom. The van der Waals surface area contributed by atoms with Crippen molar-refractivity contribution in [2.45, 2.75) is 18.8 Å². The summed E-state index contributed by atoms with van der Waals surface area (Å²) in [4.78, 5) is 14.2. The van der Waals surface area contributed by atoms with Crippen LogP contribution in [0.1, 0.15) is 23.5 Å². The highest BCUT2D eigenvalue weighted by atomic mass is 19.1. The zero-order valence-corrected chi connectivity index (χ0v) is 13.2. The molecule has 3 rings (SSSR count). The number of halogens is 1. The monoisotopic (exact) mass is 313 g/mol. The predicted octanol–water partition coefficient (Wildman–Crippen LogP) is 3.39. The first kappa shape index (κ1) is 15.5. The van der Waals surface area contributed by atoms with Crippen LogP contribution in [-0.4, -0.2) is 31.0 Å². The number of amides is 1. The van der Waals surface area contributed by atoms with Gasteiger partial charge >= 0.3 is 0 Å². The first-order chi connectivity index (χ1) is 11.2. The molecule has 3 nitrogen and oxygen atoms in total. The van der Waals surface area contributed by atoms with Crippen molar-refractivity contribution in [2.75, 3.05) is 20.2 Å². The fraction of sp³-hybridized carbons (Fsp3) is 0.316. The molecule has 4 heteroatoms. The van der Waals surface area contributed by atoms with Crippen molar-refractivity contribution >= 4 is 5.91 Å². The standard InChI is InChI=1S/C19H20FNO2/c1-23-18-9-5-3-7-16(18)15-10-11-21(13-15)19(22)12-14-6-2-4-8-17(14)20/h2-9,15H,10-13H2,1H3. The van der Waals surface area contributed by atoms with Crippen LogP contribution in [0.4, 0.5) is 4.39 Å². The zero-order chi connectivity index (χ0) is 16.2. The molecule has 23 heavy (non-hydrogen) atoms. The Hall–Kier alpha value is -2.36. The van der Waals surface area contributed by atoms with E-state index in [0.717, 1.165) is 17.7 Å². The van der Waals surface area contributed by atoms with Crippen molar-refractivity contribution in [3.8, 4) is 5.75 Å². The average Bonchev–Trinajstić information content (AvgIpc) is 3.07. The van der Waals surface area contributed by atoms with Crippen LogP contribution in [0.25, 0.3) is 0 Å². The zero-order valence-electron chi connectivity index (χ0n) is 13.2. The molecule has 1 fully saturated rings. The van der Waals surface area contributed by atoms with Crippen LogP contribution in [0.15, 0.2) is 48.5 Å². The number of carbonyl (C=O) groups is 1. The van der Waals surface area contributed by atoms with E-state index in [-0.39, 0.29) is 24.1 Å². The van der Waals surface area contributed by atoms with Crippen LogP contribution >= 0.6 is 0 Å². The van der Waals surface area contributed by atoms with Crippen LogP contribution < -0.4 is 4.74 Å². The van der Waals surface area contributed by atoms with Gasteiger partial charge in [-0.3, -0.25) is 4.79 Å². The Bertz CT molecular complexity index is 701. The second-order valence-electron chi connectivity index (χ2n) is 5.84. The van der Waals surface area contributed by atoms with Crippen molar-refractivity contribution in [1.29, 1.82) is 0 Å². The summed E-state index contributed by atoms with van der Waals surface area (Å²) in [5.74, 6) is 0.797. The van der Waals surface area contributed by atoms with Gasteiger partial charge in [-0.15, -0.1) is 0 Å². The molecule has 1 amide bonds. The number of methoxy groups -OCH3 is 1. The molecule has 2 aromatic rings. The average molecular weight is 313 g/mol. The summed E-state index contributed by atoms with van der Waals surface area (Å²) in [6.07, 6.45) is 1.02. The van der Waals surface area contributed by atoms with Gasteiger partial charge in [-0.05, 0) is 29.7 Å². The molecule has 0 saturated carbocycles. The number of benzene rings is 2. The highest BCUT2D eigenvalue weighted by molar-refractivity contribution is 5.79. The molecule has 2 aromatic carbocycles. The molecule has 1 aliphatic heterocycles. The number of rotatable bonds is 4. The minimum Gasteiger partial charge on any atom is -0.496 e. The molecule has 1 unspecified atom stereocenters. The van der Waals surface area contributed by atoms with Gasteiger partial charge in [-0.1, -0.05) is 36.4 Å². The second-order valence-corrected chi connectivity index (χ2v) is 5.84. The molecule has 0 aliphatic carbocycles. The molecule has 1 atom stereocenters. The summed E-state index contributed by atoms with van der Waals surface area (Å²) in [7, 11) is 1.66. The van der Waals surface area contributed by atoms with Crippen LogP contribution in [0.3, 0.4) is 0 Å². The van der Waals surface area contributed by atoms with Gasteiger partial charge in [0.1, 0.15) is 11.6 Å². The minimum absolute atomic E-state index is 0.0208. The van der Waals surface area contributed by atoms with E-state index in [0.29, 0.717) is 18.7 Å². The second kappa shape index (κ2) is 6.82. The van der Waals surface area contributed by atoms with Gasteiger partial charge in [-0.2, -0.15) is 0 Å². The highest BCUT2D eigenvalue weighted by Crippen LogP contribution is 2.33. The Morgan fingerprint density at radius 3 is 2.74 bits per heavy atom. The maximum Gasteiger partial charge on any atom is 0.227 e. The summed E-state index contributed by atoms with van der Waals surface area (Å²) >= 11 is 0. The molecule has 0 bridgehead atoms. The van der Waals surface area contributed by atoms with Gasteiger partial charge < -0.3 is 9.64 Å². The minimum atomic E-state index is -0.318. The smallest absolute Gasteiger partial charge is 0.227 e. The van der Waals surface area contributed by atoms with E-state index in [2.05, 4.69) is 0 Å². The van der Waals surface area contributed by atoms with Gasteiger partial charge in [0.2, 0.25) is 5.91 Å². The third-order valence-corrected chi connectivity index (χ3v) is 4.42. The van der Waals surface area contributed by atoms with E-state index >= 15 is 0 Å². The first-order valence-electron chi connectivity index (χ1n) is 7.83. The van der Waals surface area contributed by atoms with Crippen LogP contribution in [0, 0.1) is 5.82 Å². The largest absolute Gasteiger partial charge is 0.496 e. The Kier molecular flexibility index (Phi) is 4.60.